The van der Waals surface area contributed by atoms with Gasteiger partial charge in [0.1, 0.15) is 11.4 Å². The highest BCUT2D eigenvalue weighted by atomic mass is 16.5. The average Bonchev–Trinajstić information content (AvgIpc) is 2.72. The summed E-state index contributed by atoms with van der Waals surface area (Å²) in [6.07, 6.45) is 2.37. The van der Waals surface area contributed by atoms with E-state index in [1.54, 1.807) is 19.4 Å². The Morgan fingerprint density at radius 3 is 2.71 bits per heavy atom. The van der Waals surface area contributed by atoms with Crippen LogP contribution in [0, 0.1) is 13.8 Å². The van der Waals surface area contributed by atoms with Crippen molar-refractivity contribution in [3.8, 4) is 5.75 Å². The van der Waals surface area contributed by atoms with Gasteiger partial charge in [0.2, 0.25) is 0 Å². The number of aromatic nitrogens is 1. The standard InChI is InChI=1S/C23H25N3O2/c1-16-6-4-9-21(17(16)2)26-19-11-13-24-22(15-19)23(27)25-12-10-18-7-5-8-20(14-18)28-3/h4-9,11,13-15H,10,12H2,1-3H3,(H,24,26)(H,25,27). The van der Waals surface area contributed by atoms with Crippen molar-refractivity contribution in [1.82, 2.24) is 10.3 Å². The Kier molecular flexibility index (Phi) is 6.27. The van der Waals surface area contributed by atoms with Gasteiger partial charge in [0.25, 0.3) is 5.91 Å². The first-order valence-corrected chi connectivity index (χ1v) is 9.27. The summed E-state index contributed by atoms with van der Waals surface area (Å²) in [4.78, 5) is 16.7. The van der Waals surface area contributed by atoms with Crippen LogP contribution < -0.4 is 15.4 Å². The molecule has 0 aliphatic carbocycles. The summed E-state index contributed by atoms with van der Waals surface area (Å²) in [6, 6.07) is 17.6. The minimum atomic E-state index is -0.187. The van der Waals surface area contributed by atoms with Gasteiger partial charge in [-0.3, -0.25) is 9.78 Å². The van der Waals surface area contributed by atoms with E-state index in [1.165, 1.54) is 11.1 Å². The van der Waals surface area contributed by atoms with Crippen LogP contribution in [0.2, 0.25) is 0 Å². The molecule has 0 fully saturated rings. The molecule has 3 rings (SSSR count). The van der Waals surface area contributed by atoms with Crippen LogP contribution in [0.4, 0.5) is 11.4 Å². The SMILES string of the molecule is COc1cccc(CCNC(=O)c2cc(Nc3cccc(C)c3C)ccn2)c1. The lowest BCUT2D eigenvalue weighted by Crippen LogP contribution is -2.26. The van der Waals surface area contributed by atoms with Crippen LogP contribution in [0.5, 0.6) is 5.75 Å². The number of benzene rings is 2. The van der Waals surface area contributed by atoms with E-state index in [-0.39, 0.29) is 5.91 Å². The van der Waals surface area contributed by atoms with E-state index in [1.807, 2.05) is 42.5 Å². The van der Waals surface area contributed by atoms with E-state index in [0.29, 0.717) is 12.2 Å². The molecule has 2 aromatic carbocycles. The van der Waals surface area contributed by atoms with Gasteiger partial charge in [-0.2, -0.15) is 0 Å². The fourth-order valence-electron chi connectivity index (χ4n) is 2.91. The first-order valence-electron chi connectivity index (χ1n) is 9.27. The molecule has 0 unspecified atom stereocenters. The van der Waals surface area contributed by atoms with Crippen molar-refractivity contribution in [2.45, 2.75) is 20.3 Å². The third-order valence-electron chi connectivity index (χ3n) is 4.71. The molecule has 1 heterocycles. The topological polar surface area (TPSA) is 63.2 Å². The molecule has 0 saturated heterocycles. The summed E-state index contributed by atoms with van der Waals surface area (Å²) >= 11 is 0. The molecule has 2 N–H and O–H groups in total. The van der Waals surface area contributed by atoms with Crippen LogP contribution in [-0.2, 0) is 6.42 Å². The molecule has 1 amide bonds. The Bertz CT molecular complexity index is 970. The van der Waals surface area contributed by atoms with Gasteiger partial charge >= 0.3 is 0 Å². The molecule has 0 bridgehead atoms. The number of carbonyl (C=O) groups is 1. The molecule has 3 aromatic rings. The molecule has 28 heavy (non-hydrogen) atoms. The second-order valence-corrected chi connectivity index (χ2v) is 6.66. The third kappa shape index (κ3) is 4.88. The van der Waals surface area contributed by atoms with Crippen LogP contribution in [0.3, 0.4) is 0 Å². The lowest BCUT2D eigenvalue weighted by Gasteiger charge is -2.12. The Morgan fingerprint density at radius 1 is 1.07 bits per heavy atom. The van der Waals surface area contributed by atoms with E-state index < -0.39 is 0 Å². The molecule has 0 radical (unpaired) electrons. The molecule has 144 valence electrons. The van der Waals surface area contributed by atoms with Crippen LogP contribution in [-0.4, -0.2) is 24.5 Å². The summed E-state index contributed by atoms with van der Waals surface area (Å²) in [5.41, 5.74) is 5.76. The van der Waals surface area contributed by atoms with Crippen molar-refractivity contribution in [2.24, 2.45) is 0 Å². The van der Waals surface area contributed by atoms with Gasteiger partial charge in [-0.1, -0.05) is 24.3 Å². The van der Waals surface area contributed by atoms with E-state index in [0.717, 1.165) is 29.1 Å². The van der Waals surface area contributed by atoms with Crippen molar-refractivity contribution >= 4 is 17.3 Å². The monoisotopic (exact) mass is 375 g/mol. The maximum atomic E-state index is 12.5. The van der Waals surface area contributed by atoms with E-state index >= 15 is 0 Å². The molecular weight excluding hydrogens is 350 g/mol. The molecule has 5 heteroatoms. The van der Waals surface area contributed by atoms with Crippen molar-refractivity contribution in [3.63, 3.8) is 0 Å². The Balaban J connectivity index is 1.61. The van der Waals surface area contributed by atoms with Gasteiger partial charge in [-0.15, -0.1) is 0 Å². The lowest BCUT2D eigenvalue weighted by molar-refractivity contribution is 0.0949. The smallest absolute Gasteiger partial charge is 0.269 e. The third-order valence-corrected chi connectivity index (χ3v) is 4.71. The molecule has 0 aliphatic rings. The first kappa shape index (κ1) is 19.4. The number of carbonyl (C=O) groups excluding carboxylic acids is 1. The number of hydrogen-bond acceptors (Lipinski definition) is 4. The predicted octanol–water partition coefficient (Wildman–Crippen LogP) is 4.42. The second-order valence-electron chi connectivity index (χ2n) is 6.66. The van der Waals surface area contributed by atoms with E-state index in [4.69, 9.17) is 4.74 Å². The van der Waals surface area contributed by atoms with Gasteiger partial charge in [0, 0.05) is 24.1 Å². The van der Waals surface area contributed by atoms with Crippen LogP contribution in [0.1, 0.15) is 27.2 Å². The fraction of sp³-hybridized carbons (Fsp3) is 0.217. The summed E-state index contributed by atoms with van der Waals surface area (Å²) in [5, 5.41) is 6.30. The predicted molar refractivity (Wildman–Crippen MR) is 112 cm³/mol. The minimum absolute atomic E-state index is 0.187. The highest BCUT2D eigenvalue weighted by Crippen LogP contribution is 2.22. The minimum Gasteiger partial charge on any atom is -0.497 e. The molecule has 0 atom stereocenters. The summed E-state index contributed by atoms with van der Waals surface area (Å²) in [5.74, 6) is 0.628. The highest BCUT2D eigenvalue weighted by molar-refractivity contribution is 5.93. The number of methoxy groups -OCH3 is 1. The highest BCUT2D eigenvalue weighted by Gasteiger charge is 2.09. The molecule has 0 spiro atoms. The summed E-state index contributed by atoms with van der Waals surface area (Å²) in [7, 11) is 1.64. The second kappa shape index (κ2) is 9.04. The van der Waals surface area contributed by atoms with Gasteiger partial charge in [0.05, 0.1) is 7.11 Å². The molecule has 1 aromatic heterocycles. The summed E-state index contributed by atoms with van der Waals surface area (Å²) in [6.45, 7) is 4.68. The van der Waals surface area contributed by atoms with Crippen molar-refractivity contribution in [1.29, 1.82) is 0 Å². The zero-order valence-corrected chi connectivity index (χ0v) is 16.5. The Morgan fingerprint density at radius 2 is 1.89 bits per heavy atom. The number of hydrogen-bond donors (Lipinski definition) is 2. The van der Waals surface area contributed by atoms with Crippen molar-refractivity contribution < 1.29 is 9.53 Å². The quantitative estimate of drug-likeness (QED) is 0.641. The number of nitrogens with zero attached hydrogens (tertiary/aromatic N) is 1. The molecule has 5 nitrogen and oxygen atoms in total. The lowest BCUT2D eigenvalue weighted by atomic mass is 10.1. The van der Waals surface area contributed by atoms with Gasteiger partial charge in [0.15, 0.2) is 0 Å². The average molecular weight is 375 g/mol. The number of pyridine rings is 1. The van der Waals surface area contributed by atoms with Crippen LogP contribution in [0.15, 0.2) is 60.8 Å². The molecule has 0 saturated carbocycles. The molecule has 0 aliphatic heterocycles. The first-order chi connectivity index (χ1) is 13.6. The normalized spacial score (nSPS) is 10.4. The van der Waals surface area contributed by atoms with Gasteiger partial charge in [-0.25, -0.2) is 0 Å². The maximum Gasteiger partial charge on any atom is 0.269 e. The van der Waals surface area contributed by atoms with E-state index in [2.05, 4.69) is 35.5 Å². The van der Waals surface area contributed by atoms with Gasteiger partial charge < -0.3 is 15.4 Å². The number of anilines is 2. The Hall–Kier alpha value is -3.34. The van der Waals surface area contributed by atoms with Crippen molar-refractivity contribution in [2.75, 3.05) is 19.0 Å². The van der Waals surface area contributed by atoms with Crippen LogP contribution >= 0.6 is 0 Å². The Labute approximate surface area is 165 Å². The number of amides is 1. The summed E-state index contributed by atoms with van der Waals surface area (Å²) < 4.78 is 5.22. The maximum absolute atomic E-state index is 12.5. The van der Waals surface area contributed by atoms with Crippen LogP contribution in [0.25, 0.3) is 0 Å². The number of nitrogens with one attached hydrogen (secondary N) is 2. The van der Waals surface area contributed by atoms with Crippen molar-refractivity contribution in [3.05, 3.63) is 83.2 Å². The largest absolute Gasteiger partial charge is 0.497 e. The van der Waals surface area contributed by atoms with Gasteiger partial charge in [-0.05, 0) is 67.3 Å². The molecular formula is C23H25N3O2. The van der Waals surface area contributed by atoms with E-state index in [9.17, 15) is 4.79 Å². The zero-order chi connectivity index (χ0) is 19.9. The number of ether oxygens (including phenoxy) is 1. The zero-order valence-electron chi connectivity index (χ0n) is 16.5. The number of aryl methyl sites for hydroxylation is 1. The number of rotatable bonds is 7. The fourth-order valence-corrected chi connectivity index (χ4v) is 2.91.